The van der Waals surface area contributed by atoms with Gasteiger partial charge in [-0.3, -0.25) is 0 Å². The van der Waals surface area contributed by atoms with E-state index in [9.17, 15) is 19.8 Å². The number of aromatic nitrogens is 3. The standard InChI is InChI=1S/C22H21N3O5/c1-22(2)17-9-10-23-20(28)24(14-5-3-13(12-26)4-6-14)21(29)25(23)19(17)16-8-7-15(27)11-18(16)30-22/h3-9,11,19,26-27H,10,12H2,1-2H3. The van der Waals surface area contributed by atoms with Crippen molar-refractivity contribution in [3.05, 3.63) is 86.2 Å². The second-order valence-corrected chi connectivity index (χ2v) is 8.05. The summed E-state index contributed by atoms with van der Waals surface area (Å²) >= 11 is 0. The summed E-state index contributed by atoms with van der Waals surface area (Å²) in [6.07, 6.45) is 1.93. The molecular weight excluding hydrogens is 386 g/mol. The first-order chi connectivity index (χ1) is 14.3. The Labute approximate surface area is 171 Å². The Balaban J connectivity index is 1.76. The van der Waals surface area contributed by atoms with Crippen LogP contribution in [0.4, 0.5) is 0 Å². The van der Waals surface area contributed by atoms with Crippen molar-refractivity contribution < 1.29 is 14.9 Å². The first-order valence-electron chi connectivity index (χ1n) is 9.69. The fourth-order valence-electron chi connectivity index (χ4n) is 4.36. The molecule has 2 aliphatic heterocycles. The van der Waals surface area contributed by atoms with Crippen LogP contribution in [-0.2, 0) is 13.2 Å². The highest BCUT2D eigenvalue weighted by atomic mass is 16.5. The molecule has 0 fully saturated rings. The maximum Gasteiger partial charge on any atom is 0.352 e. The Kier molecular flexibility index (Phi) is 3.85. The number of hydrogen-bond donors (Lipinski definition) is 2. The molecule has 1 aromatic heterocycles. The number of aromatic hydroxyl groups is 1. The van der Waals surface area contributed by atoms with Gasteiger partial charge in [0.15, 0.2) is 0 Å². The van der Waals surface area contributed by atoms with Gasteiger partial charge in [0.05, 0.1) is 18.8 Å². The van der Waals surface area contributed by atoms with Gasteiger partial charge in [-0.25, -0.2) is 23.5 Å². The molecule has 154 valence electrons. The first kappa shape index (κ1) is 18.5. The van der Waals surface area contributed by atoms with Crippen LogP contribution < -0.4 is 16.1 Å². The number of nitrogens with zero attached hydrogens (tertiary/aromatic N) is 3. The van der Waals surface area contributed by atoms with Crippen molar-refractivity contribution in [1.29, 1.82) is 0 Å². The van der Waals surface area contributed by atoms with Gasteiger partial charge in [-0.05, 0) is 49.2 Å². The molecule has 0 bridgehead atoms. The van der Waals surface area contributed by atoms with E-state index in [1.165, 1.54) is 15.4 Å². The summed E-state index contributed by atoms with van der Waals surface area (Å²) < 4.78 is 10.1. The highest BCUT2D eigenvalue weighted by molar-refractivity contribution is 5.51. The lowest BCUT2D eigenvalue weighted by molar-refractivity contribution is 0.113. The number of aliphatic hydroxyl groups excluding tert-OH is 1. The minimum Gasteiger partial charge on any atom is -0.508 e. The number of rotatable bonds is 2. The monoisotopic (exact) mass is 407 g/mol. The molecule has 5 rings (SSSR count). The van der Waals surface area contributed by atoms with E-state index in [0.717, 1.165) is 10.1 Å². The number of hydrogen-bond acceptors (Lipinski definition) is 5. The zero-order chi connectivity index (χ0) is 21.2. The maximum absolute atomic E-state index is 13.5. The molecule has 0 radical (unpaired) electrons. The summed E-state index contributed by atoms with van der Waals surface area (Å²) in [5.74, 6) is 0.550. The second-order valence-electron chi connectivity index (χ2n) is 8.05. The van der Waals surface area contributed by atoms with Crippen LogP contribution in [0.3, 0.4) is 0 Å². The molecular formula is C22H21N3O5. The largest absolute Gasteiger partial charge is 0.508 e. The highest BCUT2D eigenvalue weighted by Gasteiger charge is 2.43. The van der Waals surface area contributed by atoms with Crippen molar-refractivity contribution in [1.82, 2.24) is 13.9 Å². The highest BCUT2D eigenvalue weighted by Crippen LogP contribution is 2.46. The van der Waals surface area contributed by atoms with Gasteiger partial charge in [-0.15, -0.1) is 0 Å². The topological polar surface area (TPSA) is 98.6 Å². The Morgan fingerprint density at radius 1 is 1.10 bits per heavy atom. The van der Waals surface area contributed by atoms with Gasteiger partial charge in [0, 0.05) is 11.6 Å². The van der Waals surface area contributed by atoms with Crippen LogP contribution in [0.15, 0.2) is 63.7 Å². The fraction of sp³-hybridized carbons (Fsp3) is 0.273. The Morgan fingerprint density at radius 3 is 2.53 bits per heavy atom. The third-order valence-corrected chi connectivity index (χ3v) is 5.81. The number of fused-ring (bicyclic) bond motifs is 5. The lowest BCUT2D eigenvalue weighted by atomic mass is 9.83. The maximum atomic E-state index is 13.5. The van der Waals surface area contributed by atoms with Crippen LogP contribution in [0.2, 0.25) is 0 Å². The Morgan fingerprint density at radius 2 is 1.83 bits per heavy atom. The van der Waals surface area contributed by atoms with Crippen molar-refractivity contribution in [3.63, 3.8) is 0 Å². The van der Waals surface area contributed by atoms with Crippen molar-refractivity contribution in [2.75, 3.05) is 0 Å². The van der Waals surface area contributed by atoms with Crippen LogP contribution in [0.25, 0.3) is 5.69 Å². The summed E-state index contributed by atoms with van der Waals surface area (Å²) in [4.78, 5) is 26.6. The molecule has 0 saturated heterocycles. The predicted molar refractivity (Wildman–Crippen MR) is 109 cm³/mol. The SMILES string of the molecule is CC1(C)Oc2cc(O)ccc2C2C1=CCn1c(=O)n(-c3ccc(CO)cc3)c(=O)n12. The summed E-state index contributed by atoms with van der Waals surface area (Å²) in [5, 5.41) is 19.2. The lowest BCUT2D eigenvalue weighted by Gasteiger charge is -2.42. The Hall–Kier alpha value is -3.52. The molecule has 0 saturated carbocycles. The van der Waals surface area contributed by atoms with E-state index in [2.05, 4.69) is 0 Å². The molecule has 2 N–H and O–H groups in total. The van der Waals surface area contributed by atoms with E-state index in [4.69, 9.17) is 4.74 Å². The van der Waals surface area contributed by atoms with Crippen LogP contribution in [0, 0.1) is 0 Å². The van der Waals surface area contributed by atoms with Gasteiger partial charge in [-0.1, -0.05) is 18.2 Å². The summed E-state index contributed by atoms with van der Waals surface area (Å²) in [5.41, 5.74) is 1.13. The third kappa shape index (κ3) is 2.50. The van der Waals surface area contributed by atoms with Crippen molar-refractivity contribution in [2.45, 2.75) is 38.6 Å². The van der Waals surface area contributed by atoms with E-state index in [1.54, 1.807) is 36.4 Å². The number of ether oxygens (including phenoxy) is 1. The molecule has 0 amide bonds. The smallest absolute Gasteiger partial charge is 0.352 e. The molecule has 0 spiro atoms. The van der Waals surface area contributed by atoms with Crippen LogP contribution in [0.5, 0.6) is 11.5 Å². The average molecular weight is 407 g/mol. The summed E-state index contributed by atoms with van der Waals surface area (Å²) in [6, 6.07) is 10.9. The van der Waals surface area contributed by atoms with E-state index in [0.29, 0.717) is 22.6 Å². The molecule has 1 unspecified atom stereocenters. The van der Waals surface area contributed by atoms with Crippen LogP contribution in [-0.4, -0.2) is 29.7 Å². The van der Waals surface area contributed by atoms with Gasteiger partial charge < -0.3 is 14.9 Å². The molecule has 2 aliphatic rings. The van der Waals surface area contributed by atoms with Crippen LogP contribution >= 0.6 is 0 Å². The molecule has 2 aromatic carbocycles. The van der Waals surface area contributed by atoms with E-state index < -0.39 is 23.0 Å². The average Bonchev–Trinajstić information content (AvgIpc) is 2.98. The van der Waals surface area contributed by atoms with Crippen molar-refractivity contribution in [2.24, 2.45) is 0 Å². The van der Waals surface area contributed by atoms with Gasteiger partial charge in [0.2, 0.25) is 0 Å². The quantitative estimate of drug-likeness (QED) is 0.630. The fourth-order valence-corrected chi connectivity index (χ4v) is 4.36. The minimum absolute atomic E-state index is 0.0686. The molecule has 8 heteroatoms. The first-order valence-corrected chi connectivity index (χ1v) is 9.69. The number of aliphatic hydroxyl groups is 1. The number of phenolic OH excluding ortho intramolecular Hbond substituents is 1. The molecule has 3 aromatic rings. The minimum atomic E-state index is -0.711. The lowest BCUT2D eigenvalue weighted by Crippen LogP contribution is -2.46. The summed E-state index contributed by atoms with van der Waals surface area (Å²) in [6.45, 7) is 3.95. The van der Waals surface area contributed by atoms with Gasteiger partial charge in [0.25, 0.3) is 0 Å². The van der Waals surface area contributed by atoms with Gasteiger partial charge >= 0.3 is 11.4 Å². The van der Waals surface area contributed by atoms with Crippen LogP contribution in [0.1, 0.15) is 31.0 Å². The van der Waals surface area contributed by atoms with Gasteiger partial charge in [-0.2, -0.15) is 0 Å². The van der Waals surface area contributed by atoms with E-state index in [1.807, 2.05) is 19.9 Å². The molecule has 30 heavy (non-hydrogen) atoms. The van der Waals surface area contributed by atoms with Gasteiger partial charge in [0.1, 0.15) is 23.1 Å². The molecule has 3 heterocycles. The number of allylic oxidation sites excluding steroid dienone is 1. The van der Waals surface area contributed by atoms with Crippen molar-refractivity contribution >= 4 is 0 Å². The molecule has 0 aliphatic carbocycles. The van der Waals surface area contributed by atoms with Crippen molar-refractivity contribution in [3.8, 4) is 17.2 Å². The normalized spacial score (nSPS) is 18.6. The zero-order valence-electron chi connectivity index (χ0n) is 16.6. The predicted octanol–water partition coefficient (Wildman–Crippen LogP) is 1.70. The number of phenols is 1. The van der Waals surface area contributed by atoms with E-state index in [-0.39, 0.29) is 18.9 Å². The zero-order valence-corrected chi connectivity index (χ0v) is 16.6. The summed E-state index contributed by atoms with van der Waals surface area (Å²) in [7, 11) is 0. The number of benzene rings is 2. The third-order valence-electron chi connectivity index (χ3n) is 5.81. The van der Waals surface area contributed by atoms with E-state index >= 15 is 0 Å². The molecule has 8 nitrogen and oxygen atoms in total. The Bertz CT molecular complexity index is 1310. The second kappa shape index (κ2) is 6.24. The molecule has 1 atom stereocenters.